The molecule has 0 radical (unpaired) electrons. The molecule has 22 heavy (non-hydrogen) atoms. The molecule has 0 saturated heterocycles. The first-order chi connectivity index (χ1) is 10.3. The van der Waals surface area contributed by atoms with E-state index in [9.17, 15) is 13.2 Å². The Morgan fingerprint density at radius 3 is 2.64 bits per heavy atom. The molecular weight excluding hydrogens is 304 g/mol. The molecule has 1 aromatic rings. The maximum Gasteiger partial charge on any atom is 0.335 e. The molecule has 1 aliphatic rings. The summed E-state index contributed by atoms with van der Waals surface area (Å²) in [7, 11) is -3.72. The van der Waals surface area contributed by atoms with Crippen molar-refractivity contribution in [2.45, 2.75) is 56.5 Å². The maximum absolute atomic E-state index is 12.5. The lowest BCUT2D eigenvalue weighted by atomic mass is 10.1. The third kappa shape index (κ3) is 4.20. The van der Waals surface area contributed by atoms with Gasteiger partial charge in [-0.05, 0) is 44.4 Å². The molecule has 2 rings (SSSR count). The smallest absolute Gasteiger partial charge is 0.335 e. The Hall–Kier alpha value is -1.60. The predicted molar refractivity (Wildman–Crippen MR) is 84.7 cm³/mol. The molecule has 0 amide bonds. The van der Waals surface area contributed by atoms with Gasteiger partial charge in [0.25, 0.3) is 0 Å². The third-order valence-electron chi connectivity index (χ3n) is 3.54. The van der Waals surface area contributed by atoms with Gasteiger partial charge in [-0.15, -0.1) is 0 Å². The van der Waals surface area contributed by atoms with Crippen LogP contribution < -0.4 is 10.0 Å². The zero-order chi connectivity index (χ0) is 16.3. The normalized spacial score (nSPS) is 16.3. The van der Waals surface area contributed by atoms with E-state index in [1.807, 2.05) is 6.92 Å². The molecule has 6 nitrogen and oxygen atoms in total. The number of nitrogens with one attached hydrogen (secondary N) is 2. The van der Waals surface area contributed by atoms with E-state index in [0.29, 0.717) is 5.69 Å². The predicted octanol–water partition coefficient (Wildman–Crippen LogP) is 2.43. The average molecular weight is 326 g/mol. The zero-order valence-corrected chi connectivity index (χ0v) is 13.6. The molecule has 0 spiro atoms. The van der Waals surface area contributed by atoms with Crippen LogP contribution in [0.4, 0.5) is 5.69 Å². The number of benzene rings is 1. The van der Waals surface area contributed by atoms with Crippen LogP contribution >= 0.6 is 0 Å². The van der Waals surface area contributed by atoms with Crippen LogP contribution in [0.3, 0.4) is 0 Å². The first-order valence-corrected chi connectivity index (χ1v) is 8.98. The number of rotatable bonds is 8. The summed E-state index contributed by atoms with van der Waals surface area (Å²) in [6.07, 6.45) is 3.53. The van der Waals surface area contributed by atoms with E-state index >= 15 is 0 Å². The average Bonchev–Trinajstić information content (AvgIpc) is 3.22. The first-order valence-electron chi connectivity index (χ1n) is 7.49. The van der Waals surface area contributed by atoms with Crippen LogP contribution in [0.1, 0.15) is 49.9 Å². The van der Waals surface area contributed by atoms with Gasteiger partial charge in [0.15, 0.2) is 0 Å². The molecule has 1 aliphatic carbocycles. The molecule has 0 bridgehead atoms. The van der Waals surface area contributed by atoms with Gasteiger partial charge in [0, 0.05) is 12.1 Å². The lowest BCUT2D eigenvalue weighted by Crippen LogP contribution is -2.27. The number of hydrogen-bond acceptors (Lipinski definition) is 4. The third-order valence-corrected chi connectivity index (χ3v) is 5.10. The molecule has 0 unspecified atom stereocenters. The zero-order valence-electron chi connectivity index (χ0n) is 12.8. The molecule has 0 heterocycles. The number of carbonyl (C=O) groups is 1. The Morgan fingerprint density at radius 2 is 2.09 bits per heavy atom. The van der Waals surface area contributed by atoms with Gasteiger partial charge in [-0.2, -0.15) is 0 Å². The molecule has 0 aliphatic heterocycles. The highest BCUT2D eigenvalue weighted by Crippen LogP contribution is 2.28. The van der Waals surface area contributed by atoms with Crippen LogP contribution in [0.5, 0.6) is 0 Å². The van der Waals surface area contributed by atoms with E-state index in [1.54, 1.807) is 0 Å². The van der Waals surface area contributed by atoms with E-state index in [0.717, 1.165) is 25.7 Å². The van der Waals surface area contributed by atoms with E-state index in [-0.39, 0.29) is 22.5 Å². The van der Waals surface area contributed by atoms with Crippen molar-refractivity contribution < 1.29 is 18.3 Å². The molecular formula is C15H22N2O4S. The molecule has 3 N–H and O–H groups in total. The lowest BCUT2D eigenvalue weighted by Gasteiger charge is -2.18. The van der Waals surface area contributed by atoms with Crippen LogP contribution in [0.2, 0.25) is 0 Å². The van der Waals surface area contributed by atoms with Gasteiger partial charge in [-0.25, -0.2) is 17.9 Å². The Balaban J connectivity index is 2.37. The number of anilines is 1. The minimum absolute atomic E-state index is 0.00209. The minimum Gasteiger partial charge on any atom is -0.478 e. The van der Waals surface area contributed by atoms with Crippen molar-refractivity contribution in [1.29, 1.82) is 0 Å². The standard InChI is InChI=1S/C15H22N2O4S/c1-3-4-10(2)16-13-8-5-11(15(18)19)9-14(13)22(20,21)17-12-6-7-12/h5,8-10,12,16-17H,3-4,6-7H2,1-2H3,(H,18,19)/t10-/m0/s1. The summed E-state index contributed by atoms with van der Waals surface area (Å²) in [5.74, 6) is -1.14. The molecule has 1 atom stereocenters. The highest BCUT2D eigenvalue weighted by Gasteiger charge is 2.30. The van der Waals surface area contributed by atoms with Gasteiger partial charge in [-0.1, -0.05) is 13.3 Å². The second-order valence-electron chi connectivity index (χ2n) is 5.75. The van der Waals surface area contributed by atoms with Gasteiger partial charge in [0.05, 0.1) is 11.3 Å². The summed E-state index contributed by atoms with van der Waals surface area (Å²) in [5.41, 5.74) is 0.406. The topological polar surface area (TPSA) is 95.5 Å². The molecule has 7 heteroatoms. The van der Waals surface area contributed by atoms with E-state index in [2.05, 4.69) is 17.0 Å². The first kappa shape index (κ1) is 16.8. The van der Waals surface area contributed by atoms with Crippen LogP contribution in [0.25, 0.3) is 0 Å². The summed E-state index contributed by atoms with van der Waals surface area (Å²) in [6, 6.07) is 4.24. The van der Waals surface area contributed by atoms with Crippen LogP contribution in [-0.4, -0.2) is 31.6 Å². The largest absolute Gasteiger partial charge is 0.478 e. The molecule has 1 saturated carbocycles. The number of sulfonamides is 1. The van der Waals surface area contributed by atoms with Gasteiger partial charge >= 0.3 is 5.97 Å². The molecule has 0 aromatic heterocycles. The summed E-state index contributed by atoms with van der Waals surface area (Å²) < 4.78 is 27.5. The van der Waals surface area contributed by atoms with Crippen molar-refractivity contribution in [1.82, 2.24) is 4.72 Å². The van der Waals surface area contributed by atoms with Crippen molar-refractivity contribution >= 4 is 21.7 Å². The Labute approximate surface area is 131 Å². The van der Waals surface area contributed by atoms with Crippen LogP contribution in [0.15, 0.2) is 23.1 Å². The number of aromatic carboxylic acids is 1. The highest BCUT2D eigenvalue weighted by atomic mass is 32.2. The summed E-state index contributed by atoms with van der Waals surface area (Å²) in [5, 5.41) is 12.3. The van der Waals surface area contributed by atoms with E-state index in [1.165, 1.54) is 18.2 Å². The second kappa shape index (κ2) is 6.66. The van der Waals surface area contributed by atoms with Gasteiger partial charge in [-0.3, -0.25) is 0 Å². The van der Waals surface area contributed by atoms with Gasteiger partial charge in [0.1, 0.15) is 4.90 Å². The van der Waals surface area contributed by atoms with Crippen molar-refractivity contribution in [3.8, 4) is 0 Å². The van der Waals surface area contributed by atoms with Crippen molar-refractivity contribution in [3.63, 3.8) is 0 Å². The lowest BCUT2D eigenvalue weighted by molar-refractivity contribution is 0.0696. The van der Waals surface area contributed by atoms with E-state index in [4.69, 9.17) is 5.11 Å². The van der Waals surface area contributed by atoms with Gasteiger partial charge < -0.3 is 10.4 Å². The number of hydrogen-bond donors (Lipinski definition) is 3. The van der Waals surface area contributed by atoms with Crippen molar-refractivity contribution in [2.75, 3.05) is 5.32 Å². The summed E-state index contributed by atoms with van der Waals surface area (Å²) >= 11 is 0. The second-order valence-corrected chi connectivity index (χ2v) is 7.43. The highest BCUT2D eigenvalue weighted by molar-refractivity contribution is 7.89. The Morgan fingerprint density at radius 1 is 1.41 bits per heavy atom. The number of carboxylic acid groups (broad SMARTS) is 1. The van der Waals surface area contributed by atoms with Crippen LogP contribution in [-0.2, 0) is 10.0 Å². The molecule has 1 aromatic carbocycles. The Bertz CT molecular complexity index is 654. The fraction of sp³-hybridized carbons (Fsp3) is 0.533. The Kier molecular flexibility index (Phi) is 5.08. The molecule has 1 fully saturated rings. The van der Waals surface area contributed by atoms with Gasteiger partial charge in [0.2, 0.25) is 10.0 Å². The summed E-state index contributed by atoms with van der Waals surface area (Å²) in [6.45, 7) is 4.03. The fourth-order valence-electron chi connectivity index (χ4n) is 2.25. The van der Waals surface area contributed by atoms with Crippen LogP contribution in [0, 0.1) is 0 Å². The van der Waals surface area contributed by atoms with Crippen molar-refractivity contribution in [2.24, 2.45) is 0 Å². The quantitative estimate of drug-likeness (QED) is 0.682. The SMILES string of the molecule is CCC[C@H](C)Nc1ccc(C(=O)O)cc1S(=O)(=O)NC1CC1. The monoisotopic (exact) mass is 326 g/mol. The van der Waals surface area contributed by atoms with Crippen molar-refractivity contribution in [3.05, 3.63) is 23.8 Å². The van der Waals surface area contributed by atoms with E-state index < -0.39 is 16.0 Å². The maximum atomic E-state index is 12.5. The fourth-order valence-corrected chi connectivity index (χ4v) is 3.75. The molecule has 122 valence electrons. The minimum atomic E-state index is -3.72. The number of carboxylic acids is 1. The summed E-state index contributed by atoms with van der Waals surface area (Å²) in [4.78, 5) is 11.1.